The number of rotatable bonds is 3. The average Bonchev–Trinajstić information content (AvgIpc) is 2.97. The van der Waals surface area contributed by atoms with Crippen LogP contribution in [0.2, 0.25) is 0 Å². The minimum absolute atomic E-state index is 0.125. The first-order valence-corrected chi connectivity index (χ1v) is 6.79. The molecule has 6 heteroatoms. The van der Waals surface area contributed by atoms with Crippen molar-refractivity contribution in [2.75, 3.05) is 20.1 Å². The number of H-pyrrole nitrogens is 1. The zero-order valence-corrected chi connectivity index (χ0v) is 12.2. The summed E-state index contributed by atoms with van der Waals surface area (Å²) in [6, 6.07) is 0.398. The lowest BCUT2D eigenvalue weighted by atomic mass is 9.96. The van der Waals surface area contributed by atoms with Crippen LogP contribution in [0.1, 0.15) is 50.1 Å². The number of nitrogens with one attached hydrogen (secondary N) is 2. The maximum Gasteiger partial charge on any atom is 0.293 e. The summed E-state index contributed by atoms with van der Waals surface area (Å²) in [4.78, 5) is 18.2. The summed E-state index contributed by atoms with van der Waals surface area (Å²) in [7, 11) is 1.80. The van der Waals surface area contributed by atoms with E-state index in [4.69, 9.17) is 0 Å². The van der Waals surface area contributed by atoms with Gasteiger partial charge in [-0.25, -0.2) is 4.98 Å². The van der Waals surface area contributed by atoms with Crippen molar-refractivity contribution in [2.45, 2.75) is 45.1 Å². The molecule has 1 aromatic heterocycles. The van der Waals surface area contributed by atoms with E-state index in [1.807, 2.05) is 20.8 Å². The molecule has 2 rings (SSSR count). The Labute approximate surface area is 114 Å². The van der Waals surface area contributed by atoms with Gasteiger partial charge in [-0.2, -0.15) is 0 Å². The molecule has 1 aliphatic rings. The van der Waals surface area contributed by atoms with E-state index in [0.29, 0.717) is 12.6 Å². The van der Waals surface area contributed by atoms with E-state index in [-0.39, 0.29) is 17.1 Å². The highest BCUT2D eigenvalue weighted by atomic mass is 16.2. The maximum atomic E-state index is 12.2. The topological polar surface area (TPSA) is 73.9 Å². The van der Waals surface area contributed by atoms with Crippen LogP contribution in [0.4, 0.5) is 0 Å². The molecule has 1 aliphatic heterocycles. The fourth-order valence-corrected chi connectivity index (χ4v) is 2.19. The Bertz CT molecular complexity index is 442. The molecule has 0 bridgehead atoms. The van der Waals surface area contributed by atoms with Crippen molar-refractivity contribution < 1.29 is 4.79 Å². The van der Waals surface area contributed by atoms with Gasteiger partial charge in [0.05, 0.1) is 0 Å². The molecule has 1 fully saturated rings. The van der Waals surface area contributed by atoms with Crippen LogP contribution in [-0.2, 0) is 5.41 Å². The Morgan fingerprint density at radius 2 is 2.21 bits per heavy atom. The number of hydrogen-bond donors (Lipinski definition) is 2. The van der Waals surface area contributed by atoms with Crippen molar-refractivity contribution in [3.8, 4) is 0 Å². The second kappa shape index (κ2) is 5.28. The monoisotopic (exact) mass is 265 g/mol. The highest BCUT2D eigenvalue weighted by Gasteiger charge is 2.25. The Morgan fingerprint density at radius 3 is 2.74 bits per heavy atom. The molecular formula is C13H23N5O. The van der Waals surface area contributed by atoms with Gasteiger partial charge in [0.2, 0.25) is 5.82 Å². The van der Waals surface area contributed by atoms with Gasteiger partial charge in [0.15, 0.2) is 0 Å². The first kappa shape index (κ1) is 14.0. The number of nitrogens with zero attached hydrogens (tertiary/aromatic N) is 3. The van der Waals surface area contributed by atoms with Gasteiger partial charge in [-0.15, -0.1) is 5.10 Å². The Hall–Kier alpha value is -1.43. The number of aromatic amines is 1. The third-order valence-corrected chi connectivity index (χ3v) is 3.39. The Morgan fingerprint density at radius 1 is 1.47 bits per heavy atom. The van der Waals surface area contributed by atoms with Gasteiger partial charge in [-0.3, -0.25) is 9.89 Å². The van der Waals surface area contributed by atoms with Crippen molar-refractivity contribution in [1.82, 2.24) is 25.4 Å². The molecule has 0 saturated carbocycles. The highest BCUT2D eigenvalue weighted by molar-refractivity contribution is 5.90. The van der Waals surface area contributed by atoms with Crippen LogP contribution in [0.25, 0.3) is 0 Å². The fourth-order valence-electron chi connectivity index (χ4n) is 2.19. The van der Waals surface area contributed by atoms with Crippen LogP contribution in [-0.4, -0.2) is 52.2 Å². The van der Waals surface area contributed by atoms with E-state index in [1.165, 1.54) is 6.42 Å². The third-order valence-electron chi connectivity index (χ3n) is 3.39. The van der Waals surface area contributed by atoms with Crippen molar-refractivity contribution in [3.05, 3.63) is 11.6 Å². The van der Waals surface area contributed by atoms with Crippen LogP contribution in [0.3, 0.4) is 0 Å². The SMILES string of the molecule is CN(CC1CCCN1)C(=O)c1n[nH]c(C(C)(C)C)n1. The molecule has 2 heterocycles. The van der Waals surface area contributed by atoms with Crippen LogP contribution in [0, 0.1) is 0 Å². The summed E-state index contributed by atoms with van der Waals surface area (Å²) in [6.07, 6.45) is 2.31. The molecule has 1 saturated heterocycles. The van der Waals surface area contributed by atoms with E-state index in [9.17, 15) is 4.79 Å². The number of carbonyl (C=O) groups excluding carboxylic acids is 1. The second-order valence-electron chi connectivity index (χ2n) is 6.24. The smallest absolute Gasteiger partial charge is 0.293 e. The number of aromatic nitrogens is 3. The molecule has 6 nitrogen and oxygen atoms in total. The summed E-state index contributed by atoms with van der Waals surface area (Å²) in [5.41, 5.74) is -0.128. The lowest BCUT2D eigenvalue weighted by molar-refractivity contribution is 0.0772. The number of carbonyl (C=O) groups is 1. The van der Waals surface area contributed by atoms with Gasteiger partial charge in [-0.05, 0) is 19.4 Å². The van der Waals surface area contributed by atoms with Crippen LogP contribution in [0.15, 0.2) is 0 Å². The molecule has 0 spiro atoms. The Balaban J connectivity index is 2.00. The van der Waals surface area contributed by atoms with Crippen LogP contribution in [0.5, 0.6) is 0 Å². The van der Waals surface area contributed by atoms with Crippen LogP contribution >= 0.6 is 0 Å². The molecule has 0 aliphatic carbocycles. The minimum atomic E-state index is -0.128. The maximum absolute atomic E-state index is 12.2. The summed E-state index contributed by atoms with van der Waals surface area (Å²) in [5, 5.41) is 10.3. The van der Waals surface area contributed by atoms with Gasteiger partial charge in [0.25, 0.3) is 5.91 Å². The van der Waals surface area contributed by atoms with Crippen molar-refractivity contribution in [1.29, 1.82) is 0 Å². The van der Waals surface area contributed by atoms with Gasteiger partial charge in [0, 0.05) is 25.0 Å². The van der Waals surface area contributed by atoms with Gasteiger partial charge < -0.3 is 10.2 Å². The van der Waals surface area contributed by atoms with E-state index in [2.05, 4.69) is 20.5 Å². The lowest BCUT2D eigenvalue weighted by Crippen LogP contribution is -2.39. The molecule has 1 aromatic rings. The zero-order valence-electron chi connectivity index (χ0n) is 12.2. The molecule has 0 aromatic carbocycles. The second-order valence-corrected chi connectivity index (χ2v) is 6.24. The predicted octanol–water partition coefficient (Wildman–Crippen LogP) is 0.926. The molecule has 106 valence electrons. The summed E-state index contributed by atoms with van der Waals surface area (Å²) < 4.78 is 0. The van der Waals surface area contributed by atoms with Gasteiger partial charge in [0.1, 0.15) is 5.82 Å². The summed E-state index contributed by atoms with van der Waals surface area (Å²) in [6.45, 7) is 7.86. The average molecular weight is 265 g/mol. The van der Waals surface area contributed by atoms with Crippen molar-refractivity contribution in [2.24, 2.45) is 0 Å². The quantitative estimate of drug-likeness (QED) is 0.852. The molecule has 1 atom stereocenters. The standard InChI is InChI=1S/C13H23N5O/c1-13(2,3)12-15-10(16-17-12)11(19)18(4)8-9-6-5-7-14-9/h9,14H,5-8H2,1-4H3,(H,15,16,17). The van der Waals surface area contributed by atoms with Gasteiger partial charge in [-0.1, -0.05) is 20.8 Å². The third kappa shape index (κ3) is 3.32. The number of likely N-dealkylation sites (N-methyl/N-ethyl adjacent to an activating group) is 1. The lowest BCUT2D eigenvalue weighted by Gasteiger charge is -2.20. The van der Waals surface area contributed by atoms with Crippen LogP contribution < -0.4 is 5.32 Å². The van der Waals surface area contributed by atoms with E-state index in [0.717, 1.165) is 18.8 Å². The molecule has 1 amide bonds. The van der Waals surface area contributed by atoms with Crippen molar-refractivity contribution in [3.63, 3.8) is 0 Å². The largest absolute Gasteiger partial charge is 0.337 e. The Kier molecular flexibility index (Phi) is 3.89. The van der Waals surface area contributed by atoms with E-state index in [1.54, 1.807) is 11.9 Å². The predicted molar refractivity (Wildman–Crippen MR) is 73.1 cm³/mol. The minimum Gasteiger partial charge on any atom is -0.337 e. The number of hydrogen-bond acceptors (Lipinski definition) is 4. The van der Waals surface area contributed by atoms with E-state index < -0.39 is 0 Å². The zero-order chi connectivity index (χ0) is 14.0. The molecular weight excluding hydrogens is 242 g/mol. The first-order valence-electron chi connectivity index (χ1n) is 6.79. The van der Waals surface area contributed by atoms with E-state index >= 15 is 0 Å². The first-order chi connectivity index (χ1) is 8.88. The summed E-state index contributed by atoms with van der Waals surface area (Å²) in [5.74, 6) is 0.870. The molecule has 1 unspecified atom stereocenters. The molecule has 19 heavy (non-hydrogen) atoms. The van der Waals surface area contributed by atoms with Gasteiger partial charge >= 0.3 is 0 Å². The highest BCUT2D eigenvalue weighted by Crippen LogP contribution is 2.17. The number of amides is 1. The summed E-state index contributed by atoms with van der Waals surface area (Å²) >= 11 is 0. The van der Waals surface area contributed by atoms with Crippen molar-refractivity contribution >= 4 is 5.91 Å². The molecule has 0 radical (unpaired) electrons. The molecule has 2 N–H and O–H groups in total. The fraction of sp³-hybridized carbons (Fsp3) is 0.769. The normalized spacial score (nSPS) is 19.7.